The maximum absolute atomic E-state index is 6.23. The Morgan fingerprint density at radius 1 is 1.43 bits per heavy atom. The second-order valence-corrected chi connectivity index (χ2v) is 6.05. The zero-order valence-electron chi connectivity index (χ0n) is 11.9. The maximum atomic E-state index is 6.23. The van der Waals surface area contributed by atoms with Crippen LogP contribution in [0.3, 0.4) is 0 Å². The van der Waals surface area contributed by atoms with E-state index in [4.69, 9.17) is 32.7 Å². The molecule has 0 radical (unpaired) electrons. The molecule has 2 aromatic heterocycles. The lowest BCUT2D eigenvalue weighted by atomic mass is 10.1. The molecule has 21 heavy (non-hydrogen) atoms. The molecule has 0 aliphatic carbocycles. The van der Waals surface area contributed by atoms with Crippen LogP contribution in [-0.2, 0) is 15.9 Å². The van der Waals surface area contributed by atoms with Crippen molar-refractivity contribution >= 4 is 34.1 Å². The molecule has 0 saturated carbocycles. The van der Waals surface area contributed by atoms with E-state index in [2.05, 4.69) is 9.97 Å². The number of fused-ring (bicyclic) bond motifs is 1. The standard InChI is InChI=1S/C15H18Cl2N2O2/c1-9-10(5-7-21-13-4-2-3-6-20-13)14-11(18-9)8-12(16)19-15(14)17/h8,13,18H,2-7H2,1H3. The van der Waals surface area contributed by atoms with Gasteiger partial charge in [0.1, 0.15) is 10.3 Å². The monoisotopic (exact) mass is 328 g/mol. The number of halogens is 2. The maximum Gasteiger partial charge on any atom is 0.157 e. The summed E-state index contributed by atoms with van der Waals surface area (Å²) in [6, 6.07) is 1.80. The lowest BCUT2D eigenvalue weighted by molar-refractivity contribution is -0.161. The number of aryl methyl sites for hydroxylation is 1. The van der Waals surface area contributed by atoms with Crippen molar-refractivity contribution in [1.29, 1.82) is 0 Å². The first-order valence-electron chi connectivity index (χ1n) is 7.21. The number of nitrogens with one attached hydrogen (secondary N) is 1. The van der Waals surface area contributed by atoms with Crippen LogP contribution in [0.15, 0.2) is 6.07 Å². The van der Waals surface area contributed by atoms with E-state index in [1.54, 1.807) is 6.07 Å². The van der Waals surface area contributed by atoms with Crippen LogP contribution in [0.2, 0.25) is 10.3 Å². The average Bonchev–Trinajstić information content (AvgIpc) is 2.76. The first kappa shape index (κ1) is 15.1. The summed E-state index contributed by atoms with van der Waals surface area (Å²) in [5.41, 5.74) is 3.13. The van der Waals surface area contributed by atoms with Crippen LogP contribution in [-0.4, -0.2) is 29.5 Å². The molecule has 114 valence electrons. The van der Waals surface area contributed by atoms with Crippen molar-refractivity contribution < 1.29 is 9.47 Å². The van der Waals surface area contributed by atoms with Gasteiger partial charge < -0.3 is 14.5 Å². The van der Waals surface area contributed by atoms with E-state index < -0.39 is 0 Å². The molecule has 1 saturated heterocycles. The quantitative estimate of drug-likeness (QED) is 0.853. The van der Waals surface area contributed by atoms with Gasteiger partial charge in [-0.25, -0.2) is 4.98 Å². The van der Waals surface area contributed by atoms with Crippen molar-refractivity contribution in [2.24, 2.45) is 0 Å². The van der Waals surface area contributed by atoms with Gasteiger partial charge in [-0.2, -0.15) is 0 Å². The summed E-state index contributed by atoms with van der Waals surface area (Å²) in [6.45, 7) is 3.43. The molecule has 1 atom stereocenters. The number of rotatable bonds is 4. The number of ether oxygens (including phenoxy) is 2. The first-order valence-corrected chi connectivity index (χ1v) is 7.97. The Morgan fingerprint density at radius 3 is 3.05 bits per heavy atom. The molecule has 3 rings (SSSR count). The molecule has 1 aliphatic rings. The summed E-state index contributed by atoms with van der Waals surface area (Å²) in [5.74, 6) is 0. The molecule has 3 heterocycles. The average molecular weight is 329 g/mol. The molecule has 0 amide bonds. The minimum atomic E-state index is -0.0627. The van der Waals surface area contributed by atoms with Crippen molar-refractivity contribution in [3.63, 3.8) is 0 Å². The Kier molecular flexibility index (Phi) is 4.69. The minimum Gasteiger partial charge on any atom is -0.358 e. The lowest BCUT2D eigenvalue weighted by Crippen LogP contribution is -2.23. The van der Waals surface area contributed by atoms with E-state index >= 15 is 0 Å². The van der Waals surface area contributed by atoms with Gasteiger partial charge >= 0.3 is 0 Å². The summed E-state index contributed by atoms with van der Waals surface area (Å²) < 4.78 is 11.4. The smallest absolute Gasteiger partial charge is 0.157 e. The van der Waals surface area contributed by atoms with Gasteiger partial charge in [-0.1, -0.05) is 23.2 Å². The van der Waals surface area contributed by atoms with Crippen LogP contribution in [0.25, 0.3) is 10.9 Å². The molecule has 4 nitrogen and oxygen atoms in total. The third-order valence-corrected chi connectivity index (χ3v) is 4.28. The number of H-pyrrole nitrogens is 1. The molecule has 0 bridgehead atoms. The Bertz CT molecular complexity index is 636. The van der Waals surface area contributed by atoms with E-state index in [-0.39, 0.29) is 6.29 Å². The number of pyridine rings is 1. The molecule has 1 fully saturated rings. The van der Waals surface area contributed by atoms with Crippen LogP contribution >= 0.6 is 23.2 Å². The predicted molar refractivity (Wildman–Crippen MR) is 84.1 cm³/mol. The Hall–Kier alpha value is -0.810. The molecule has 0 aromatic carbocycles. The topological polar surface area (TPSA) is 47.1 Å². The van der Waals surface area contributed by atoms with Gasteiger partial charge in [0.15, 0.2) is 6.29 Å². The van der Waals surface area contributed by atoms with Gasteiger partial charge in [0.25, 0.3) is 0 Å². The first-order chi connectivity index (χ1) is 10.1. The molecular formula is C15H18Cl2N2O2. The highest BCUT2D eigenvalue weighted by Gasteiger charge is 2.16. The second-order valence-electron chi connectivity index (χ2n) is 5.30. The third kappa shape index (κ3) is 3.34. The summed E-state index contributed by atoms with van der Waals surface area (Å²) in [7, 11) is 0. The van der Waals surface area contributed by atoms with Gasteiger partial charge in [0, 0.05) is 17.7 Å². The fourth-order valence-electron chi connectivity index (χ4n) is 2.78. The van der Waals surface area contributed by atoms with Gasteiger partial charge in [-0.3, -0.25) is 0 Å². The van der Waals surface area contributed by atoms with E-state index in [1.807, 2.05) is 6.92 Å². The highest BCUT2D eigenvalue weighted by atomic mass is 35.5. The van der Waals surface area contributed by atoms with Crippen molar-refractivity contribution in [2.75, 3.05) is 13.2 Å². The Balaban J connectivity index is 1.72. The number of nitrogens with zero attached hydrogens (tertiary/aromatic N) is 1. The van der Waals surface area contributed by atoms with E-state index in [9.17, 15) is 0 Å². The lowest BCUT2D eigenvalue weighted by Gasteiger charge is -2.22. The van der Waals surface area contributed by atoms with E-state index in [0.29, 0.717) is 16.9 Å². The van der Waals surface area contributed by atoms with Gasteiger partial charge in [0.2, 0.25) is 0 Å². The van der Waals surface area contributed by atoms with Gasteiger partial charge in [-0.05, 0) is 44.2 Å². The normalized spacial score (nSPS) is 19.3. The molecular weight excluding hydrogens is 311 g/mol. The third-order valence-electron chi connectivity index (χ3n) is 3.81. The molecule has 2 aromatic rings. The van der Waals surface area contributed by atoms with Crippen molar-refractivity contribution in [1.82, 2.24) is 9.97 Å². The zero-order valence-corrected chi connectivity index (χ0v) is 13.4. The molecule has 6 heteroatoms. The summed E-state index contributed by atoms with van der Waals surface area (Å²) >= 11 is 12.2. The number of hydrogen-bond acceptors (Lipinski definition) is 3. The van der Waals surface area contributed by atoms with Gasteiger partial charge in [0.05, 0.1) is 12.1 Å². The number of aromatic amines is 1. The summed E-state index contributed by atoms with van der Waals surface area (Å²) in [5, 5.41) is 1.77. The van der Waals surface area contributed by atoms with Crippen LogP contribution < -0.4 is 0 Å². The molecule has 1 N–H and O–H groups in total. The van der Waals surface area contributed by atoms with Crippen LogP contribution in [0.1, 0.15) is 30.5 Å². The van der Waals surface area contributed by atoms with Crippen molar-refractivity contribution in [3.05, 3.63) is 27.6 Å². The van der Waals surface area contributed by atoms with Gasteiger partial charge in [-0.15, -0.1) is 0 Å². The largest absolute Gasteiger partial charge is 0.358 e. The van der Waals surface area contributed by atoms with Crippen LogP contribution in [0, 0.1) is 6.92 Å². The fraction of sp³-hybridized carbons (Fsp3) is 0.533. The minimum absolute atomic E-state index is 0.0627. The predicted octanol–water partition coefficient (Wildman–Crippen LogP) is 4.26. The van der Waals surface area contributed by atoms with Crippen molar-refractivity contribution in [2.45, 2.75) is 38.9 Å². The highest BCUT2D eigenvalue weighted by Crippen LogP contribution is 2.30. The number of hydrogen-bond donors (Lipinski definition) is 1. The highest BCUT2D eigenvalue weighted by molar-refractivity contribution is 6.36. The SMILES string of the molecule is Cc1[nH]c2cc(Cl)nc(Cl)c2c1CCOC1CCCCO1. The molecule has 0 spiro atoms. The number of aromatic nitrogens is 2. The molecule has 1 unspecified atom stereocenters. The van der Waals surface area contributed by atoms with Crippen molar-refractivity contribution in [3.8, 4) is 0 Å². The Labute approximate surface area is 133 Å². The van der Waals surface area contributed by atoms with E-state index in [1.165, 1.54) is 6.42 Å². The Morgan fingerprint density at radius 2 is 2.29 bits per heavy atom. The summed E-state index contributed by atoms with van der Waals surface area (Å²) in [6.07, 6.45) is 3.99. The zero-order chi connectivity index (χ0) is 14.8. The fourth-order valence-corrected chi connectivity index (χ4v) is 3.33. The van der Waals surface area contributed by atoms with E-state index in [0.717, 1.165) is 48.0 Å². The molecule has 1 aliphatic heterocycles. The van der Waals surface area contributed by atoms with Crippen LogP contribution in [0.4, 0.5) is 0 Å². The van der Waals surface area contributed by atoms with Crippen LogP contribution in [0.5, 0.6) is 0 Å². The summed E-state index contributed by atoms with van der Waals surface area (Å²) in [4.78, 5) is 7.42. The second kappa shape index (κ2) is 6.53.